The Morgan fingerprint density at radius 3 is 2.41 bits per heavy atom. The summed E-state index contributed by atoms with van der Waals surface area (Å²) in [5, 5.41) is 52.5. The minimum absolute atomic E-state index is 0.115. The van der Waals surface area contributed by atoms with Gasteiger partial charge in [0.25, 0.3) is 0 Å². The molecule has 13 heteroatoms. The Balaban J connectivity index is 2.22. The first kappa shape index (κ1) is 24.3. The van der Waals surface area contributed by atoms with E-state index >= 15 is 0 Å². The zero-order valence-electron chi connectivity index (χ0n) is 16.1. The highest BCUT2D eigenvalue weighted by Crippen LogP contribution is 2.29. The highest BCUT2D eigenvalue weighted by molar-refractivity contribution is 5.81. The first-order valence-electron chi connectivity index (χ1n) is 9.34. The van der Waals surface area contributed by atoms with Gasteiger partial charge in [0.15, 0.2) is 6.29 Å². The smallest absolute Gasteiger partial charge is 0.250 e. The van der Waals surface area contributed by atoms with Gasteiger partial charge in [0.1, 0.15) is 42.7 Å². The molecule has 0 aromatic carbocycles. The van der Waals surface area contributed by atoms with Crippen molar-refractivity contribution in [1.29, 1.82) is 0 Å². The van der Waals surface area contributed by atoms with E-state index in [1.807, 2.05) is 0 Å². The number of nitrogens with one attached hydrogen (secondary N) is 1. The Hall–Kier alpha value is -0.970. The number of aliphatic hydroxyl groups is 5. The molecule has 2 fully saturated rings. The van der Waals surface area contributed by atoms with Crippen LogP contribution in [0, 0.1) is 0 Å². The number of hydrogen-bond acceptors (Lipinski definition) is 12. The summed E-state index contributed by atoms with van der Waals surface area (Å²) < 4.78 is 16.3. The van der Waals surface area contributed by atoms with Crippen molar-refractivity contribution in [1.82, 2.24) is 5.32 Å². The van der Waals surface area contributed by atoms with Crippen LogP contribution in [0.5, 0.6) is 0 Å². The minimum atomic E-state index is -1.48. The maximum atomic E-state index is 12.1. The summed E-state index contributed by atoms with van der Waals surface area (Å²) in [5.41, 5.74) is 17.1. The molecule has 1 aliphatic carbocycles. The van der Waals surface area contributed by atoms with Crippen molar-refractivity contribution >= 4 is 5.91 Å². The van der Waals surface area contributed by atoms with Crippen LogP contribution in [-0.2, 0) is 19.0 Å². The maximum absolute atomic E-state index is 12.1. The number of carbonyl (C=O) groups excluding carboxylic acids is 1. The molecule has 1 unspecified atom stereocenters. The van der Waals surface area contributed by atoms with E-state index in [0.29, 0.717) is 0 Å². The molecule has 11 atom stereocenters. The highest BCUT2D eigenvalue weighted by Gasteiger charge is 2.49. The van der Waals surface area contributed by atoms with Crippen LogP contribution in [0.3, 0.4) is 0 Å². The number of hydrogen-bond donors (Lipinski definition) is 9. The second-order valence-corrected chi connectivity index (χ2v) is 7.34. The first-order valence-corrected chi connectivity index (χ1v) is 9.34. The van der Waals surface area contributed by atoms with Crippen molar-refractivity contribution < 1.29 is 44.5 Å². The fourth-order valence-corrected chi connectivity index (χ4v) is 3.64. The average Bonchev–Trinajstić information content (AvgIpc) is 2.70. The van der Waals surface area contributed by atoms with Gasteiger partial charge in [-0.3, -0.25) is 4.79 Å². The zero-order valence-corrected chi connectivity index (χ0v) is 16.1. The Morgan fingerprint density at radius 1 is 1.21 bits per heavy atom. The molecule has 170 valence electrons. The lowest BCUT2D eigenvalue weighted by Gasteiger charge is -2.47. The largest absolute Gasteiger partial charge is 0.394 e. The summed E-state index contributed by atoms with van der Waals surface area (Å²) in [6, 6.07) is -2.73. The molecule has 1 saturated carbocycles. The topological polar surface area (TPSA) is 236 Å². The maximum Gasteiger partial charge on any atom is 0.250 e. The average molecular weight is 424 g/mol. The number of ether oxygens (including phenoxy) is 3. The van der Waals surface area contributed by atoms with Gasteiger partial charge in [-0.15, -0.1) is 0 Å². The Kier molecular flexibility index (Phi) is 8.69. The fraction of sp³-hybridized carbons (Fsp3) is 0.938. The molecule has 0 radical (unpaired) electrons. The number of amides is 1. The Bertz CT molecular complexity index is 543. The lowest BCUT2D eigenvalue weighted by molar-refractivity contribution is -0.305. The van der Waals surface area contributed by atoms with Crippen LogP contribution in [0.4, 0.5) is 0 Å². The quantitative estimate of drug-likeness (QED) is 0.186. The number of carbonyl (C=O) groups is 1. The molecule has 1 saturated heterocycles. The van der Waals surface area contributed by atoms with E-state index in [9.17, 15) is 30.3 Å². The van der Waals surface area contributed by atoms with E-state index in [1.54, 1.807) is 0 Å². The summed E-state index contributed by atoms with van der Waals surface area (Å²) in [4.78, 5) is 12.1. The lowest BCUT2D eigenvalue weighted by atomic mass is 9.83. The molecular weight excluding hydrogens is 392 g/mol. The van der Waals surface area contributed by atoms with Crippen molar-refractivity contribution in [3.63, 3.8) is 0 Å². The van der Waals surface area contributed by atoms with E-state index < -0.39 is 79.7 Å². The van der Waals surface area contributed by atoms with E-state index in [-0.39, 0.29) is 13.0 Å². The zero-order chi connectivity index (χ0) is 21.9. The Morgan fingerprint density at radius 2 is 1.86 bits per heavy atom. The van der Waals surface area contributed by atoms with Crippen molar-refractivity contribution in [2.75, 3.05) is 20.3 Å². The number of aliphatic hydroxyl groups excluding tert-OH is 5. The summed E-state index contributed by atoms with van der Waals surface area (Å²) in [5.74, 6) is -0.785. The Labute approximate surface area is 167 Å². The van der Waals surface area contributed by atoms with Crippen LogP contribution in [0.25, 0.3) is 0 Å². The van der Waals surface area contributed by atoms with E-state index in [1.165, 1.54) is 7.11 Å². The van der Waals surface area contributed by atoms with Gasteiger partial charge in [-0.2, -0.15) is 0 Å². The van der Waals surface area contributed by atoms with Crippen LogP contribution in [-0.4, -0.2) is 119 Å². The predicted octanol–water partition coefficient (Wildman–Crippen LogP) is -5.95. The normalized spacial score (nSPS) is 44.3. The predicted molar refractivity (Wildman–Crippen MR) is 97.0 cm³/mol. The monoisotopic (exact) mass is 424 g/mol. The van der Waals surface area contributed by atoms with Crippen molar-refractivity contribution in [2.45, 2.75) is 73.6 Å². The van der Waals surface area contributed by atoms with Gasteiger partial charge in [-0.25, -0.2) is 0 Å². The number of nitrogens with two attached hydrogens (primary N) is 3. The lowest BCUT2D eigenvalue weighted by Crippen LogP contribution is -2.68. The van der Waals surface area contributed by atoms with Gasteiger partial charge in [0.2, 0.25) is 5.91 Å². The third-order valence-corrected chi connectivity index (χ3v) is 5.37. The molecule has 13 nitrogen and oxygen atoms in total. The molecule has 2 aliphatic rings. The second kappa shape index (κ2) is 10.4. The summed E-state index contributed by atoms with van der Waals surface area (Å²) in [6.07, 6.45) is -10.1. The SMILES string of the molecule is COC1[C@@H](N)C[C@@H](NC(=O)[C@@H](O)CN)[C@H](O[C@H]2O[C@H](CO)[C@@H](O)[C@H](N)[C@H]2O)[C@H]1O. The van der Waals surface area contributed by atoms with Gasteiger partial charge >= 0.3 is 0 Å². The standard InChI is InChI=1S/C16H32N4O9/c1-27-13-5(18)2-6(20-15(26)7(22)3-17)14(12(13)25)29-16-11(24)9(19)10(23)8(4-21)28-16/h5-14,16,21-25H,2-4,17-19H2,1H3,(H,20,26)/t5-,6+,7-,8+,9-,10+,11+,12-,13?,14-,16+/m0/s1. The second-order valence-electron chi connectivity index (χ2n) is 7.34. The summed E-state index contributed by atoms with van der Waals surface area (Å²) >= 11 is 0. The van der Waals surface area contributed by atoms with Crippen LogP contribution >= 0.6 is 0 Å². The minimum Gasteiger partial charge on any atom is -0.394 e. The molecule has 0 aromatic heterocycles. The van der Waals surface area contributed by atoms with Crippen molar-refractivity contribution in [2.24, 2.45) is 17.2 Å². The van der Waals surface area contributed by atoms with Gasteiger partial charge in [0.05, 0.1) is 18.7 Å². The van der Waals surface area contributed by atoms with E-state index in [4.69, 9.17) is 31.4 Å². The molecule has 1 aliphatic heterocycles. The molecule has 1 heterocycles. The van der Waals surface area contributed by atoms with Crippen molar-refractivity contribution in [3.8, 4) is 0 Å². The molecule has 0 spiro atoms. The molecule has 2 rings (SSSR count). The molecule has 0 aromatic rings. The molecule has 29 heavy (non-hydrogen) atoms. The van der Waals surface area contributed by atoms with Gasteiger partial charge in [-0.05, 0) is 6.42 Å². The third-order valence-electron chi connectivity index (χ3n) is 5.37. The van der Waals surface area contributed by atoms with Crippen molar-refractivity contribution in [3.05, 3.63) is 0 Å². The summed E-state index contributed by atoms with van der Waals surface area (Å²) in [6.45, 7) is -0.891. The molecule has 12 N–H and O–H groups in total. The van der Waals surface area contributed by atoms with Gasteiger partial charge in [0, 0.05) is 19.7 Å². The van der Waals surface area contributed by atoms with Crippen LogP contribution in [0.2, 0.25) is 0 Å². The van der Waals surface area contributed by atoms with Gasteiger partial charge < -0.3 is 62.3 Å². The van der Waals surface area contributed by atoms with Crippen LogP contribution < -0.4 is 22.5 Å². The summed E-state index contributed by atoms with van der Waals surface area (Å²) in [7, 11) is 1.35. The molecular formula is C16H32N4O9. The molecule has 1 amide bonds. The van der Waals surface area contributed by atoms with E-state index in [0.717, 1.165) is 0 Å². The van der Waals surface area contributed by atoms with Crippen LogP contribution in [0.15, 0.2) is 0 Å². The van der Waals surface area contributed by atoms with E-state index in [2.05, 4.69) is 5.32 Å². The third kappa shape index (κ3) is 5.21. The fourth-order valence-electron chi connectivity index (χ4n) is 3.64. The highest BCUT2D eigenvalue weighted by atomic mass is 16.7. The molecule has 0 bridgehead atoms. The first-order chi connectivity index (χ1) is 13.7. The van der Waals surface area contributed by atoms with Gasteiger partial charge in [-0.1, -0.05) is 0 Å². The number of methoxy groups -OCH3 is 1. The van der Waals surface area contributed by atoms with Crippen LogP contribution in [0.1, 0.15) is 6.42 Å². The number of rotatable bonds is 7.